The van der Waals surface area contributed by atoms with Crippen LogP contribution in [0.15, 0.2) is 54.6 Å². The van der Waals surface area contributed by atoms with E-state index < -0.39 is 0 Å². The van der Waals surface area contributed by atoms with Gasteiger partial charge in [0.15, 0.2) is 0 Å². The van der Waals surface area contributed by atoms with Crippen molar-refractivity contribution in [1.29, 1.82) is 0 Å². The first kappa shape index (κ1) is 18.5. The van der Waals surface area contributed by atoms with Crippen LogP contribution in [0.4, 0.5) is 4.39 Å². The van der Waals surface area contributed by atoms with Gasteiger partial charge in [-0.3, -0.25) is 9.69 Å². The molecule has 4 nitrogen and oxygen atoms in total. The lowest BCUT2D eigenvalue weighted by Crippen LogP contribution is -2.45. The minimum Gasteiger partial charge on any atom is -0.371 e. The standard InChI is InChI=1S/C21H25FN2O2/c1-16(17-8-10-19(22)11-9-17)23(2)21(25)15-24-12-13-26-20(14-24)18-6-4-3-5-7-18/h3-11,16,20H,12-15H2,1-2H3. The summed E-state index contributed by atoms with van der Waals surface area (Å²) < 4.78 is 19.0. The Labute approximate surface area is 154 Å². The quantitative estimate of drug-likeness (QED) is 0.823. The van der Waals surface area contributed by atoms with E-state index in [9.17, 15) is 9.18 Å². The average molecular weight is 356 g/mol. The fourth-order valence-electron chi connectivity index (χ4n) is 3.20. The van der Waals surface area contributed by atoms with E-state index in [1.807, 2.05) is 25.1 Å². The number of hydrogen-bond donors (Lipinski definition) is 0. The van der Waals surface area contributed by atoms with Crippen LogP contribution in [0.3, 0.4) is 0 Å². The van der Waals surface area contributed by atoms with Crippen LogP contribution >= 0.6 is 0 Å². The Bertz CT molecular complexity index is 721. The first-order valence-electron chi connectivity index (χ1n) is 8.94. The van der Waals surface area contributed by atoms with Crippen LogP contribution in [0.5, 0.6) is 0 Å². The summed E-state index contributed by atoms with van der Waals surface area (Å²) in [7, 11) is 1.80. The van der Waals surface area contributed by atoms with Crippen molar-refractivity contribution in [2.75, 3.05) is 33.3 Å². The molecular weight excluding hydrogens is 331 g/mol. The number of amides is 1. The number of ether oxygens (including phenoxy) is 1. The predicted octanol–water partition coefficient (Wildman–Crippen LogP) is 3.42. The van der Waals surface area contributed by atoms with Crippen LogP contribution < -0.4 is 0 Å². The largest absolute Gasteiger partial charge is 0.371 e. The highest BCUT2D eigenvalue weighted by molar-refractivity contribution is 5.78. The molecule has 0 aliphatic carbocycles. The fraction of sp³-hybridized carbons (Fsp3) is 0.381. The number of nitrogens with zero attached hydrogens (tertiary/aromatic N) is 2. The molecule has 1 amide bonds. The van der Waals surface area contributed by atoms with Crippen molar-refractivity contribution in [2.45, 2.75) is 19.1 Å². The Morgan fingerprint density at radius 1 is 1.23 bits per heavy atom. The maximum absolute atomic E-state index is 13.1. The van der Waals surface area contributed by atoms with Crippen molar-refractivity contribution in [3.63, 3.8) is 0 Å². The second-order valence-electron chi connectivity index (χ2n) is 6.74. The van der Waals surface area contributed by atoms with Crippen molar-refractivity contribution in [1.82, 2.24) is 9.80 Å². The molecule has 0 radical (unpaired) electrons. The minimum absolute atomic E-state index is 0.00224. The Hall–Kier alpha value is -2.24. The first-order chi connectivity index (χ1) is 12.5. The van der Waals surface area contributed by atoms with Gasteiger partial charge < -0.3 is 9.64 Å². The minimum atomic E-state index is -0.268. The third-order valence-corrected chi connectivity index (χ3v) is 5.01. The molecular formula is C21H25FN2O2. The van der Waals surface area contributed by atoms with Crippen molar-refractivity contribution in [3.05, 3.63) is 71.5 Å². The summed E-state index contributed by atoms with van der Waals surface area (Å²) in [5.41, 5.74) is 2.06. The number of halogens is 1. The molecule has 0 aromatic heterocycles. The van der Waals surface area contributed by atoms with Crippen LogP contribution in [0, 0.1) is 5.82 Å². The number of hydrogen-bond acceptors (Lipinski definition) is 3. The van der Waals surface area contributed by atoms with Gasteiger partial charge in [-0.25, -0.2) is 4.39 Å². The second-order valence-corrected chi connectivity index (χ2v) is 6.74. The van der Waals surface area contributed by atoms with Crippen molar-refractivity contribution >= 4 is 5.91 Å². The third kappa shape index (κ3) is 4.48. The zero-order valence-electron chi connectivity index (χ0n) is 15.3. The molecule has 2 aromatic rings. The lowest BCUT2D eigenvalue weighted by Gasteiger charge is -2.34. The predicted molar refractivity (Wildman–Crippen MR) is 99.2 cm³/mol. The van der Waals surface area contributed by atoms with Crippen molar-refractivity contribution in [3.8, 4) is 0 Å². The zero-order valence-corrected chi connectivity index (χ0v) is 15.3. The van der Waals surface area contributed by atoms with Gasteiger partial charge in [0.2, 0.25) is 5.91 Å². The molecule has 26 heavy (non-hydrogen) atoms. The van der Waals surface area contributed by atoms with Gasteiger partial charge in [-0.1, -0.05) is 42.5 Å². The molecule has 138 valence electrons. The van der Waals surface area contributed by atoms with E-state index in [1.54, 1.807) is 24.1 Å². The van der Waals surface area contributed by atoms with Gasteiger partial charge in [0.05, 0.1) is 25.3 Å². The number of likely N-dealkylation sites (N-methyl/N-ethyl adjacent to an activating group) is 1. The average Bonchev–Trinajstić information content (AvgIpc) is 2.68. The summed E-state index contributed by atoms with van der Waals surface area (Å²) in [5.74, 6) is -0.217. The topological polar surface area (TPSA) is 32.8 Å². The Kier molecular flexibility index (Phi) is 6.01. The summed E-state index contributed by atoms with van der Waals surface area (Å²) in [6.07, 6.45) is -0.00224. The van der Waals surface area contributed by atoms with E-state index >= 15 is 0 Å². The molecule has 0 bridgehead atoms. The van der Waals surface area contributed by atoms with E-state index in [0.29, 0.717) is 19.7 Å². The van der Waals surface area contributed by atoms with Gasteiger partial charge in [0.1, 0.15) is 5.82 Å². The summed E-state index contributed by atoms with van der Waals surface area (Å²) >= 11 is 0. The maximum atomic E-state index is 13.1. The molecule has 2 atom stereocenters. The van der Waals surface area contributed by atoms with Crippen LogP contribution in [0.25, 0.3) is 0 Å². The van der Waals surface area contributed by atoms with E-state index in [4.69, 9.17) is 4.74 Å². The molecule has 2 aromatic carbocycles. The summed E-state index contributed by atoms with van der Waals surface area (Å²) in [6, 6.07) is 16.3. The van der Waals surface area contributed by atoms with Crippen LogP contribution in [-0.4, -0.2) is 49.0 Å². The Morgan fingerprint density at radius 2 is 1.92 bits per heavy atom. The van der Waals surface area contributed by atoms with Gasteiger partial charge in [0, 0.05) is 20.1 Å². The van der Waals surface area contributed by atoms with E-state index in [-0.39, 0.29) is 23.9 Å². The molecule has 1 fully saturated rings. The first-order valence-corrected chi connectivity index (χ1v) is 8.94. The number of carbonyl (C=O) groups excluding carboxylic acids is 1. The molecule has 0 N–H and O–H groups in total. The normalized spacial score (nSPS) is 19.1. The summed E-state index contributed by atoms with van der Waals surface area (Å²) in [5, 5.41) is 0. The van der Waals surface area contributed by atoms with Crippen molar-refractivity contribution in [2.24, 2.45) is 0 Å². The van der Waals surface area contributed by atoms with Gasteiger partial charge in [0.25, 0.3) is 0 Å². The van der Waals surface area contributed by atoms with E-state index in [2.05, 4.69) is 17.0 Å². The highest BCUT2D eigenvalue weighted by Crippen LogP contribution is 2.23. The van der Waals surface area contributed by atoms with Gasteiger partial charge in [-0.15, -0.1) is 0 Å². The highest BCUT2D eigenvalue weighted by Gasteiger charge is 2.25. The molecule has 0 spiro atoms. The molecule has 1 aliphatic heterocycles. The summed E-state index contributed by atoms with van der Waals surface area (Å²) in [6.45, 7) is 4.37. The van der Waals surface area contributed by atoms with Gasteiger partial charge in [-0.05, 0) is 30.2 Å². The monoisotopic (exact) mass is 356 g/mol. The lowest BCUT2D eigenvalue weighted by atomic mass is 10.1. The van der Waals surface area contributed by atoms with Crippen LogP contribution in [0.2, 0.25) is 0 Å². The molecule has 1 saturated heterocycles. The Morgan fingerprint density at radius 3 is 2.62 bits per heavy atom. The highest BCUT2D eigenvalue weighted by atomic mass is 19.1. The third-order valence-electron chi connectivity index (χ3n) is 5.01. The van der Waals surface area contributed by atoms with Crippen molar-refractivity contribution < 1.29 is 13.9 Å². The molecule has 1 aliphatic rings. The molecule has 0 saturated carbocycles. The molecule has 1 heterocycles. The molecule has 3 rings (SSSR count). The number of carbonyl (C=O) groups is 1. The van der Waals surface area contributed by atoms with E-state index in [0.717, 1.165) is 17.7 Å². The molecule has 5 heteroatoms. The SMILES string of the molecule is CC(c1ccc(F)cc1)N(C)C(=O)CN1CCOC(c2ccccc2)C1. The fourth-order valence-corrected chi connectivity index (χ4v) is 3.20. The zero-order chi connectivity index (χ0) is 18.5. The van der Waals surface area contributed by atoms with Crippen LogP contribution in [-0.2, 0) is 9.53 Å². The summed E-state index contributed by atoms with van der Waals surface area (Å²) in [4.78, 5) is 16.6. The second kappa shape index (κ2) is 8.43. The maximum Gasteiger partial charge on any atom is 0.236 e. The number of rotatable bonds is 5. The van der Waals surface area contributed by atoms with Gasteiger partial charge in [-0.2, -0.15) is 0 Å². The van der Waals surface area contributed by atoms with Gasteiger partial charge >= 0.3 is 0 Å². The lowest BCUT2D eigenvalue weighted by molar-refractivity contribution is -0.135. The smallest absolute Gasteiger partial charge is 0.236 e. The molecule has 2 unspecified atom stereocenters. The van der Waals surface area contributed by atoms with E-state index in [1.165, 1.54) is 12.1 Å². The number of benzene rings is 2. The Balaban J connectivity index is 1.59. The number of morpholine rings is 1. The van der Waals surface area contributed by atoms with Crippen LogP contribution in [0.1, 0.15) is 30.2 Å².